The van der Waals surface area contributed by atoms with Gasteiger partial charge in [0, 0.05) is 16.3 Å². The molecular formula is C22H19N5S. The number of H-pyrrole nitrogens is 1. The Hall–Kier alpha value is -2.99. The maximum absolute atomic E-state index is 5.90. The number of thiazole rings is 1. The first-order valence-electron chi connectivity index (χ1n) is 9.64. The third-order valence-corrected chi connectivity index (χ3v) is 6.70. The zero-order valence-corrected chi connectivity index (χ0v) is 16.4. The highest BCUT2D eigenvalue weighted by atomic mass is 32.1. The summed E-state index contributed by atoms with van der Waals surface area (Å²) in [7, 11) is 0. The second-order valence-electron chi connectivity index (χ2n) is 7.55. The number of aromatic amines is 1. The average Bonchev–Trinajstić information content (AvgIpc) is 3.28. The van der Waals surface area contributed by atoms with Crippen molar-refractivity contribution in [1.82, 2.24) is 20.2 Å². The molecule has 1 aliphatic carbocycles. The third kappa shape index (κ3) is 2.21. The van der Waals surface area contributed by atoms with Crippen LogP contribution in [0, 0.1) is 6.92 Å². The second-order valence-corrected chi connectivity index (χ2v) is 8.61. The lowest BCUT2D eigenvalue weighted by Crippen LogP contribution is -2.08. The van der Waals surface area contributed by atoms with Crippen molar-refractivity contribution in [1.29, 1.82) is 0 Å². The van der Waals surface area contributed by atoms with Gasteiger partial charge in [-0.3, -0.25) is 5.10 Å². The number of hydrogen-bond acceptors (Lipinski definition) is 5. The summed E-state index contributed by atoms with van der Waals surface area (Å²) in [4.78, 5) is 9.54. The van der Waals surface area contributed by atoms with E-state index in [0.717, 1.165) is 51.0 Å². The van der Waals surface area contributed by atoms with Gasteiger partial charge in [-0.1, -0.05) is 17.4 Å². The van der Waals surface area contributed by atoms with Gasteiger partial charge in [-0.15, -0.1) is 0 Å². The van der Waals surface area contributed by atoms with Gasteiger partial charge in [0.05, 0.1) is 32.6 Å². The molecule has 0 bridgehead atoms. The topological polar surface area (TPSA) is 80.5 Å². The van der Waals surface area contributed by atoms with E-state index in [1.54, 1.807) is 0 Å². The van der Waals surface area contributed by atoms with Crippen LogP contribution in [-0.4, -0.2) is 20.2 Å². The smallest absolute Gasteiger partial charge is 0.181 e. The van der Waals surface area contributed by atoms with Gasteiger partial charge < -0.3 is 5.73 Å². The van der Waals surface area contributed by atoms with Crippen LogP contribution >= 0.6 is 11.3 Å². The minimum atomic E-state index is 0.610. The van der Waals surface area contributed by atoms with E-state index in [0.29, 0.717) is 5.13 Å². The van der Waals surface area contributed by atoms with Crippen molar-refractivity contribution in [3.63, 3.8) is 0 Å². The summed E-state index contributed by atoms with van der Waals surface area (Å²) in [5.74, 6) is 0. The van der Waals surface area contributed by atoms with Gasteiger partial charge in [0.2, 0.25) is 0 Å². The Labute approximate surface area is 165 Å². The Morgan fingerprint density at radius 2 is 1.79 bits per heavy atom. The first-order chi connectivity index (χ1) is 13.7. The summed E-state index contributed by atoms with van der Waals surface area (Å²) in [5, 5.41) is 10.7. The van der Waals surface area contributed by atoms with Gasteiger partial charge in [-0.25, -0.2) is 9.97 Å². The lowest BCUT2D eigenvalue weighted by molar-refractivity contribution is 0.689. The molecule has 0 saturated heterocycles. The fraction of sp³-hybridized carbons (Fsp3) is 0.227. The third-order valence-electron chi connectivity index (χ3n) is 5.86. The molecule has 0 radical (unpaired) electrons. The predicted octanol–water partition coefficient (Wildman–Crippen LogP) is 5.16. The molecule has 3 N–H and O–H groups in total. The fourth-order valence-electron chi connectivity index (χ4n) is 4.62. The van der Waals surface area contributed by atoms with E-state index in [2.05, 4.69) is 52.4 Å². The standard InChI is InChI=1S/C22H19N5S/c1-11-19-17(27-26-11)9-8-16-20(19)13-4-2-3-5-14(13)21(24-16)12-6-7-15-18(10-12)28-22(23)25-15/h6-10H,2-5H2,1H3,(H2,23,25)(H,26,27). The van der Waals surface area contributed by atoms with E-state index in [1.807, 2.05) is 0 Å². The lowest BCUT2D eigenvalue weighted by atomic mass is 9.85. The quantitative estimate of drug-likeness (QED) is 0.418. The first-order valence-corrected chi connectivity index (χ1v) is 10.5. The second kappa shape index (κ2) is 5.75. The van der Waals surface area contributed by atoms with Crippen molar-refractivity contribution in [3.05, 3.63) is 47.2 Å². The number of pyridine rings is 1. The number of nitrogens with zero attached hydrogens (tertiary/aromatic N) is 3. The van der Waals surface area contributed by atoms with Gasteiger partial charge >= 0.3 is 0 Å². The summed E-state index contributed by atoms with van der Waals surface area (Å²) in [6, 6.07) is 10.6. The van der Waals surface area contributed by atoms with E-state index in [-0.39, 0.29) is 0 Å². The van der Waals surface area contributed by atoms with Crippen LogP contribution in [0.2, 0.25) is 0 Å². The number of aryl methyl sites for hydroxylation is 2. The Kier molecular flexibility index (Phi) is 3.29. The van der Waals surface area contributed by atoms with Crippen LogP contribution in [0.3, 0.4) is 0 Å². The van der Waals surface area contributed by atoms with E-state index >= 15 is 0 Å². The number of hydrogen-bond donors (Lipinski definition) is 2. The van der Waals surface area contributed by atoms with Gasteiger partial charge in [-0.2, -0.15) is 5.10 Å². The van der Waals surface area contributed by atoms with Crippen molar-refractivity contribution < 1.29 is 0 Å². The fourth-order valence-corrected chi connectivity index (χ4v) is 5.39. The summed E-state index contributed by atoms with van der Waals surface area (Å²) in [6.45, 7) is 2.07. The van der Waals surface area contributed by atoms with Gasteiger partial charge in [-0.05, 0) is 68.0 Å². The van der Waals surface area contributed by atoms with Crippen LogP contribution in [0.5, 0.6) is 0 Å². The molecule has 0 atom stereocenters. The number of benzene rings is 2. The molecule has 0 aliphatic heterocycles. The molecule has 1 aliphatic rings. The van der Waals surface area contributed by atoms with Gasteiger partial charge in [0.1, 0.15) is 0 Å². The summed E-state index contributed by atoms with van der Waals surface area (Å²) < 4.78 is 1.11. The highest BCUT2D eigenvalue weighted by Gasteiger charge is 2.22. The van der Waals surface area contributed by atoms with Gasteiger partial charge in [0.15, 0.2) is 5.13 Å². The maximum atomic E-state index is 5.90. The van der Waals surface area contributed by atoms with Crippen LogP contribution in [0.1, 0.15) is 29.7 Å². The van der Waals surface area contributed by atoms with E-state index in [1.165, 1.54) is 46.1 Å². The molecule has 138 valence electrons. The molecule has 6 heteroatoms. The molecule has 28 heavy (non-hydrogen) atoms. The lowest BCUT2D eigenvalue weighted by Gasteiger charge is -2.22. The highest BCUT2D eigenvalue weighted by Crippen LogP contribution is 2.39. The molecule has 3 heterocycles. The monoisotopic (exact) mass is 385 g/mol. The molecule has 3 aromatic heterocycles. The number of rotatable bonds is 1. The number of nitrogens with one attached hydrogen (secondary N) is 1. The van der Waals surface area contributed by atoms with Crippen molar-refractivity contribution in [2.75, 3.05) is 5.73 Å². The zero-order chi connectivity index (χ0) is 18.8. The van der Waals surface area contributed by atoms with E-state index < -0.39 is 0 Å². The van der Waals surface area contributed by atoms with E-state index in [9.17, 15) is 0 Å². The minimum absolute atomic E-state index is 0.610. The van der Waals surface area contributed by atoms with Gasteiger partial charge in [0.25, 0.3) is 0 Å². The molecular weight excluding hydrogens is 366 g/mol. The molecule has 0 amide bonds. The zero-order valence-electron chi connectivity index (χ0n) is 15.5. The van der Waals surface area contributed by atoms with Crippen LogP contribution in [0.25, 0.3) is 43.3 Å². The highest BCUT2D eigenvalue weighted by molar-refractivity contribution is 7.22. The summed E-state index contributed by atoms with van der Waals surface area (Å²) in [6.07, 6.45) is 4.61. The first kappa shape index (κ1) is 16.0. The summed E-state index contributed by atoms with van der Waals surface area (Å²) in [5.41, 5.74) is 15.2. The number of fused-ring (bicyclic) bond motifs is 6. The molecule has 0 unspecified atom stereocenters. The van der Waals surface area contributed by atoms with Crippen LogP contribution in [0.15, 0.2) is 30.3 Å². The number of anilines is 1. The molecule has 5 aromatic rings. The Morgan fingerprint density at radius 1 is 0.964 bits per heavy atom. The normalized spacial score (nSPS) is 14.2. The molecule has 6 rings (SSSR count). The summed E-state index contributed by atoms with van der Waals surface area (Å²) >= 11 is 1.53. The Morgan fingerprint density at radius 3 is 2.68 bits per heavy atom. The molecule has 0 spiro atoms. The predicted molar refractivity (Wildman–Crippen MR) is 116 cm³/mol. The van der Waals surface area contributed by atoms with Crippen molar-refractivity contribution in [2.24, 2.45) is 0 Å². The average molecular weight is 385 g/mol. The van der Waals surface area contributed by atoms with E-state index in [4.69, 9.17) is 10.7 Å². The number of nitrogens with two attached hydrogens (primary N) is 1. The van der Waals surface area contributed by atoms with Crippen molar-refractivity contribution in [3.8, 4) is 11.3 Å². The molecule has 2 aromatic carbocycles. The van der Waals surface area contributed by atoms with Crippen LogP contribution in [0.4, 0.5) is 5.13 Å². The minimum Gasteiger partial charge on any atom is -0.375 e. The van der Waals surface area contributed by atoms with Crippen LogP contribution < -0.4 is 5.73 Å². The Balaban J connectivity index is 1.70. The number of aromatic nitrogens is 4. The number of nitrogen functional groups attached to an aromatic ring is 1. The largest absolute Gasteiger partial charge is 0.375 e. The maximum Gasteiger partial charge on any atom is 0.181 e. The molecule has 0 fully saturated rings. The Bertz CT molecular complexity index is 1400. The SMILES string of the molecule is Cc1n[nH]c2ccc3nc(-c4ccc5nc(N)sc5c4)c4c(c3c12)CCCC4. The van der Waals surface area contributed by atoms with Crippen molar-refractivity contribution in [2.45, 2.75) is 32.6 Å². The van der Waals surface area contributed by atoms with Crippen molar-refractivity contribution >= 4 is 48.5 Å². The molecule has 0 saturated carbocycles. The van der Waals surface area contributed by atoms with Crippen LogP contribution in [-0.2, 0) is 12.8 Å². The molecule has 5 nitrogen and oxygen atoms in total.